The van der Waals surface area contributed by atoms with E-state index in [1.807, 2.05) is 20.8 Å². The first kappa shape index (κ1) is 22.3. The Hall–Kier alpha value is -3.86. The van der Waals surface area contributed by atoms with Gasteiger partial charge in [-0.3, -0.25) is 4.72 Å². The number of sulfonamides is 1. The van der Waals surface area contributed by atoms with Crippen LogP contribution >= 0.6 is 0 Å². The molecule has 11 heteroatoms. The largest absolute Gasteiger partial charge is 0.439 e. The smallest absolute Gasteiger partial charge is 0.264 e. The number of nitrogens with zero attached hydrogens (tertiary/aromatic N) is 4. The molecule has 0 aliphatic carbocycles. The van der Waals surface area contributed by atoms with Crippen molar-refractivity contribution in [2.45, 2.75) is 25.7 Å². The van der Waals surface area contributed by atoms with Crippen molar-refractivity contribution in [1.29, 1.82) is 0 Å². The molecule has 0 aliphatic heterocycles. The average Bonchev–Trinajstić information content (AvgIpc) is 3.02. The first-order valence-electron chi connectivity index (χ1n) is 9.75. The summed E-state index contributed by atoms with van der Waals surface area (Å²) in [5.41, 5.74) is 3.08. The van der Waals surface area contributed by atoms with Gasteiger partial charge >= 0.3 is 0 Å². The van der Waals surface area contributed by atoms with Crippen molar-refractivity contribution >= 4 is 15.7 Å². The standard InChI is InChI=1S/C22H19F2N5O3S/c1-13-14(2)27-29(15(13)3)21-11-22(26-12-25-21)32-18-7-5-17(6-8-18)28-33(30,31)20-9-4-16(23)10-19(20)24/h4-12,28H,1-3H3. The van der Waals surface area contributed by atoms with Gasteiger partial charge in [-0.1, -0.05) is 0 Å². The number of nitrogens with one attached hydrogen (secondary N) is 1. The fourth-order valence-electron chi connectivity index (χ4n) is 3.06. The molecule has 0 unspecified atom stereocenters. The summed E-state index contributed by atoms with van der Waals surface area (Å²) in [6.07, 6.45) is 1.36. The number of anilines is 1. The average molecular weight is 471 g/mol. The van der Waals surface area contributed by atoms with Crippen LogP contribution in [0.4, 0.5) is 14.5 Å². The Kier molecular flexibility index (Phi) is 5.81. The van der Waals surface area contributed by atoms with Crippen LogP contribution in [0.25, 0.3) is 5.82 Å². The zero-order valence-corrected chi connectivity index (χ0v) is 18.7. The van der Waals surface area contributed by atoms with Crippen molar-refractivity contribution < 1.29 is 21.9 Å². The Bertz CT molecular complexity index is 1440. The minimum atomic E-state index is -4.24. The van der Waals surface area contributed by atoms with Crippen LogP contribution in [-0.2, 0) is 10.0 Å². The molecular formula is C22H19F2N5O3S. The minimum Gasteiger partial charge on any atom is -0.439 e. The van der Waals surface area contributed by atoms with Crippen LogP contribution in [0.3, 0.4) is 0 Å². The van der Waals surface area contributed by atoms with Crippen LogP contribution in [0.5, 0.6) is 11.6 Å². The van der Waals surface area contributed by atoms with Crippen LogP contribution in [0.1, 0.15) is 17.0 Å². The molecule has 1 N–H and O–H groups in total. The van der Waals surface area contributed by atoms with Gasteiger partial charge in [0.25, 0.3) is 10.0 Å². The van der Waals surface area contributed by atoms with Crippen molar-refractivity contribution in [3.63, 3.8) is 0 Å². The number of rotatable bonds is 6. The van der Waals surface area contributed by atoms with Gasteiger partial charge in [0.2, 0.25) is 5.88 Å². The third-order valence-corrected chi connectivity index (χ3v) is 6.42. The fraction of sp³-hybridized carbons (Fsp3) is 0.136. The summed E-state index contributed by atoms with van der Waals surface area (Å²) >= 11 is 0. The molecule has 0 atom stereocenters. The van der Waals surface area contributed by atoms with Gasteiger partial charge < -0.3 is 4.74 Å². The van der Waals surface area contributed by atoms with Crippen LogP contribution in [0.2, 0.25) is 0 Å². The van der Waals surface area contributed by atoms with E-state index in [9.17, 15) is 17.2 Å². The SMILES string of the molecule is Cc1nn(-c2cc(Oc3ccc(NS(=O)(=O)c4ccc(F)cc4F)cc3)ncn2)c(C)c1C. The third kappa shape index (κ3) is 4.67. The molecule has 8 nitrogen and oxygen atoms in total. The summed E-state index contributed by atoms with van der Waals surface area (Å²) in [6.45, 7) is 5.83. The number of hydrogen-bond acceptors (Lipinski definition) is 6. The van der Waals surface area contributed by atoms with Crippen LogP contribution in [-0.4, -0.2) is 28.2 Å². The number of ether oxygens (including phenoxy) is 1. The molecule has 0 saturated heterocycles. The van der Waals surface area contributed by atoms with E-state index in [1.54, 1.807) is 10.7 Å². The Morgan fingerprint density at radius 2 is 1.70 bits per heavy atom. The molecule has 0 aliphatic rings. The lowest BCUT2D eigenvalue weighted by molar-refractivity contribution is 0.460. The van der Waals surface area contributed by atoms with Crippen molar-refractivity contribution in [1.82, 2.24) is 19.7 Å². The zero-order chi connectivity index (χ0) is 23.8. The van der Waals surface area contributed by atoms with Gasteiger partial charge in [-0.2, -0.15) is 5.10 Å². The first-order chi connectivity index (χ1) is 15.6. The second kappa shape index (κ2) is 8.58. The lowest BCUT2D eigenvalue weighted by Crippen LogP contribution is -2.14. The summed E-state index contributed by atoms with van der Waals surface area (Å²) in [6, 6.07) is 9.81. The van der Waals surface area contributed by atoms with E-state index in [2.05, 4.69) is 19.8 Å². The van der Waals surface area contributed by atoms with Gasteiger partial charge in [-0.05, 0) is 62.7 Å². The number of aryl methyl sites for hydroxylation is 1. The van der Waals surface area contributed by atoms with Crippen molar-refractivity contribution in [3.05, 3.63) is 83.4 Å². The molecule has 0 amide bonds. The van der Waals surface area contributed by atoms with Crippen molar-refractivity contribution in [2.24, 2.45) is 0 Å². The summed E-state index contributed by atoms with van der Waals surface area (Å²) in [5.74, 6) is -0.847. The zero-order valence-electron chi connectivity index (χ0n) is 17.9. The summed E-state index contributed by atoms with van der Waals surface area (Å²) in [5, 5.41) is 4.47. The Balaban J connectivity index is 1.51. The Morgan fingerprint density at radius 3 is 2.33 bits per heavy atom. The summed E-state index contributed by atoms with van der Waals surface area (Å²) in [4.78, 5) is 7.68. The maximum absolute atomic E-state index is 13.9. The fourth-order valence-corrected chi connectivity index (χ4v) is 4.18. The maximum Gasteiger partial charge on any atom is 0.264 e. The number of hydrogen-bond donors (Lipinski definition) is 1. The van der Waals surface area contributed by atoms with E-state index in [0.29, 0.717) is 17.6 Å². The van der Waals surface area contributed by atoms with E-state index in [-0.39, 0.29) is 11.6 Å². The molecule has 2 aromatic heterocycles. The molecule has 2 aromatic carbocycles. The highest BCUT2D eigenvalue weighted by atomic mass is 32.2. The quantitative estimate of drug-likeness (QED) is 0.446. The van der Waals surface area contributed by atoms with Gasteiger partial charge in [-0.25, -0.2) is 31.8 Å². The lowest BCUT2D eigenvalue weighted by Gasteiger charge is -2.10. The van der Waals surface area contributed by atoms with E-state index in [4.69, 9.17) is 4.74 Å². The highest BCUT2D eigenvalue weighted by Gasteiger charge is 2.20. The minimum absolute atomic E-state index is 0.174. The molecular weight excluding hydrogens is 452 g/mol. The van der Waals surface area contributed by atoms with Crippen LogP contribution in [0, 0.1) is 32.4 Å². The van der Waals surface area contributed by atoms with Crippen LogP contribution in [0.15, 0.2) is 59.8 Å². The van der Waals surface area contributed by atoms with Gasteiger partial charge in [0.15, 0.2) is 5.82 Å². The monoisotopic (exact) mass is 471 g/mol. The Morgan fingerprint density at radius 1 is 0.970 bits per heavy atom. The van der Waals surface area contributed by atoms with Gasteiger partial charge in [0, 0.05) is 23.5 Å². The van der Waals surface area contributed by atoms with Crippen LogP contribution < -0.4 is 9.46 Å². The molecule has 33 heavy (non-hydrogen) atoms. The molecule has 0 radical (unpaired) electrons. The number of aromatic nitrogens is 4. The van der Waals surface area contributed by atoms with E-state index in [1.165, 1.54) is 30.6 Å². The van der Waals surface area contributed by atoms with Crippen molar-refractivity contribution in [3.8, 4) is 17.4 Å². The molecule has 0 saturated carbocycles. The van der Waals surface area contributed by atoms with Gasteiger partial charge in [0.1, 0.15) is 28.6 Å². The molecule has 4 rings (SSSR count). The number of halogens is 2. The second-order valence-electron chi connectivity index (χ2n) is 7.23. The predicted molar refractivity (Wildman–Crippen MR) is 117 cm³/mol. The maximum atomic E-state index is 13.9. The molecule has 0 fully saturated rings. The topological polar surface area (TPSA) is 99.0 Å². The molecule has 0 spiro atoms. The summed E-state index contributed by atoms with van der Waals surface area (Å²) in [7, 11) is -4.24. The van der Waals surface area contributed by atoms with E-state index in [0.717, 1.165) is 29.1 Å². The molecule has 4 aromatic rings. The summed E-state index contributed by atoms with van der Waals surface area (Å²) < 4.78 is 61.4. The highest BCUT2D eigenvalue weighted by Crippen LogP contribution is 2.25. The molecule has 0 bridgehead atoms. The molecule has 2 heterocycles. The van der Waals surface area contributed by atoms with Gasteiger partial charge in [0.05, 0.1) is 5.69 Å². The highest BCUT2D eigenvalue weighted by molar-refractivity contribution is 7.92. The Labute approximate surface area is 188 Å². The van der Waals surface area contributed by atoms with E-state index < -0.39 is 26.6 Å². The van der Waals surface area contributed by atoms with Crippen molar-refractivity contribution in [2.75, 3.05) is 4.72 Å². The molecule has 170 valence electrons. The van der Waals surface area contributed by atoms with E-state index >= 15 is 0 Å². The normalized spacial score (nSPS) is 11.4. The van der Waals surface area contributed by atoms with Gasteiger partial charge in [-0.15, -0.1) is 0 Å². The lowest BCUT2D eigenvalue weighted by atomic mass is 10.2. The number of benzene rings is 2. The second-order valence-corrected chi connectivity index (χ2v) is 8.88. The predicted octanol–water partition coefficient (Wildman–Crippen LogP) is 4.46. The third-order valence-electron chi connectivity index (χ3n) is 5.01. The first-order valence-corrected chi connectivity index (χ1v) is 11.2.